The van der Waals surface area contributed by atoms with Gasteiger partial charge in [-0.1, -0.05) is 18.2 Å². The smallest absolute Gasteiger partial charge is 0.0622 e. The zero-order valence-electron chi connectivity index (χ0n) is 15.2. The molecule has 0 amide bonds. The molecule has 0 aromatic heterocycles. The van der Waals surface area contributed by atoms with Crippen LogP contribution in [-0.2, 0) is 14.9 Å². The van der Waals surface area contributed by atoms with Gasteiger partial charge in [-0.2, -0.15) is 0 Å². The van der Waals surface area contributed by atoms with Crippen molar-refractivity contribution in [3.63, 3.8) is 0 Å². The van der Waals surface area contributed by atoms with Crippen molar-refractivity contribution in [3.05, 3.63) is 29.8 Å². The molecule has 25 heavy (non-hydrogen) atoms. The van der Waals surface area contributed by atoms with Gasteiger partial charge in [-0.05, 0) is 50.4 Å². The first-order valence-electron chi connectivity index (χ1n) is 10.1. The highest BCUT2D eigenvalue weighted by Gasteiger charge is 2.45. The Morgan fingerprint density at radius 3 is 2.56 bits per heavy atom. The second-order valence-corrected chi connectivity index (χ2v) is 8.46. The topological polar surface area (TPSA) is 24.9 Å². The van der Waals surface area contributed by atoms with Gasteiger partial charge < -0.3 is 14.4 Å². The maximum absolute atomic E-state index is 5.62. The van der Waals surface area contributed by atoms with Gasteiger partial charge in [0.1, 0.15) is 0 Å². The van der Waals surface area contributed by atoms with Gasteiger partial charge in [0.05, 0.1) is 13.2 Å². The predicted molar refractivity (Wildman–Crippen MR) is 99.3 cm³/mol. The van der Waals surface area contributed by atoms with Gasteiger partial charge >= 0.3 is 0 Å². The van der Waals surface area contributed by atoms with Gasteiger partial charge in [0.15, 0.2) is 0 Å². The summed E-state index contributed by atoms with van der Waals surface area (Å²) in [6.07, 6.45) is 5.02. The number of likely N-dealkylation sites (tertiary alicyclic amines) is 1. The molecule has 0 N–H and O–H groups in total. The lowest BCUT2D eigenvalue weighted by atomic mass is 9.74. The summed E-state index contributed by atoms with van der Waals surface area (Å²) in [5.41, 5.74) is 3.47. The largest absolute Gasteiger partial charge is 0.381 e. The van der Waals surface area contributed by atoms with E-state index in [0.717, 1.165) is 26.4 Å². The fraction of sp³-hybridized carbons (Fsp3) is 0.714. The van der Waals surface area contributed by atoms with Crippen molar-refractivity contribution in [2.24, 2.45) is 5.92 Å². The second kappa shape index (κ2) is 6.57. The van der Waals surface area contributed by atoms with Gasteiger partial charge in [-0.15, -0.1) is 0 Å². The molecule has 4 nitrogen and oxygen atoms in total. The van der Waals surface area contributed by atoms with Crippen LogP contribution in [0.3, 0.4) is 0 Å². The number of piperidine rings is 1. The van der Waals surface area contributed by atoms with Crippen molar-refractivity contribution in [1.29, 1.82) is 0 Å². The van der Waals surface area contributed by atoms with E-state index in [4.69, 9.17) is 9.47 Å². The number of rotatable bonds is 3. The molecule has 0 saturated carbocycles. The molecule has 2 atom stereocenters. The van der Waals surface area contributed by atoms with Crippen molar-refractivity contribution >= 4 is 5.69 Å². The van der Waals surface area contributed by atoms with E-state index < -0.39 is 0 Å². The standard InChI is InChI=1S/C21H30N2O2/c1-2-4-20-19(3-1)21(16-23(20)13-17-5-11-24-14-17)7-9-22(10-8-21)18-6-12-25-15-18/h1-4,17-18H,5-16H2. The van der Waals surface area contributed by atoms with E-state index in [-0.39, 0.29) is 0 Å². The molecular formula is C21H30N2O2. The van der Waals surface area contributed by atoms with Gasteiger partial charge in [0.2, 0.25) is 0 Å². The molecule has 4 heterocycles. The van der Waals surface area contributed by atoms with Gasteiger partial charge in [0.25, 0.3) is 0 Å². The highest BCUT2D eigenvalue weighted by Crippen LogP contribution is 2.47. The number of ether oxygens (including phenoxy) is 2. The first kappa shape index (κ1) is 16.1. The molecule has 0 radical (unpaired) electrons. The van der Waals surface area contributed by atoms with Crippen molar-refractivity contribution in [2.45, 2.75) is 37.1 Å². The van der Waals surface area contributed by atoms with Gasteiger partial charge in [-0.25, -0.2) is 0 Å². The van der Waals surface area contributed by atoms with Crippen LogP contribution in [0, 0.1) is 5.92 Å². The van der Waals surface area contributed by atoms with Crippen LogP contribution in [0.15, 0.2) is 24.3 Å². The summed E-state index contributed by atoms with van der Waals surface area (Å²) in [7, 11) is 0. The van der Waals surface area contributed by atoms with E-state index in [1.807, 2.05) is 0 Å². The Hall–Kier alpha value is -1.10. The summed E-state index contributed by atoms with van der Waals surface area (Å²) in [4.78, 5) is 5.36. The summed E-state index contributed by atoms with van der Waals surface area (Å²) in [6, 6.07) is 9.85. The molecule has 4 aliphatic heterocycles. The summed E-state index contributed by atoms with van der Waals surface area (Å²) >= 11 is 0. The molecule has 5 rings (SSSR count). The molecule has 3 saturated heterocycles. The molecular weight excluding hydrogens is 312 g/mol. The van der Waals surface area contributed by atoms with Crippen molar-refractivity contribution < 1.29 is 9.47 Å². The molecule has 1 spiro atoms. The Morgan fingerprint density at radius 2 is 1.80 bits per heavy atom. The average Bonchev–Trinajstić information content (AvgIpc) is 3.39. The van der Waals surface area contributed by atoms with E-state index in [0.29, 0.717) is 17.4 Å². The fourth-order valence-electron chi connectivity index (χ4n) is 5.49. The Labute approximate surface area is 151 Å². The molecule has 0 bridgehead atoms. The molecule has 1 aromatic rings. The number of hydrogen-bond donors (Lipinski definition) is 0. The van der Waals surface area contributed by atoms with Crippen LogP contribution in [0.25, 0.3) is 0 Å². The second-order valence-electron chi connectivity index (χ2n) is 8.46. The minimum absolute atomic E-state index is 0.367. The molecule has 4 aliphatic rings. The quantitative estimate of drug-likeness (QED) is 0.843. The fourth-order valence-corrected chi connectivity index (χ4v) is 5.49. The van der Waals surface area contributed by atoms with E-state index in [1.165, 1.54) is 57.5 Å². The molecule has 0 aliphatic carbocycles. The summed E-state index contributed by atoms with van der Waals surface area (Å²) in [5.74, 6) is 0.707. The summed E-state index contributed by atoms with van der Waals surface area (Å²) in [6.45, 7) is 8.61. The Morgan fingerprint density at radius 1 is 1.00 bits per heavy atom. The number of fused-ring (bicyclic) bond motifs is 2. The average molecular weight is 342 g/mol. The lowest BCUT2D eigenvalue weighted by Crippen LogP contribution is -2.49. The Bertz CT molecular complexity index is 600. The van der Waals surface area contributed by atoms with Crippen LogP contribution in [0.5, 0.6) is 0 Å². The highest BCUT2D eigenvalue weighted by atomic mass is 16.5. The van der Waals surface area contributed by atoms with Crippen molar-refractivity contribution in [3.8, 4) is 0 Å². The first-order chi connectivity index (χ1) is 12.3. The van der Waals surface area contributed by atoms with E-state index in [1.54, 1.807) is 5.56 Å². The molecule has 2 unspecified atom stereocenters. The monoisotopic (exact) mass is 342 g/mol. The van der Waals surface area contributed by atoms with E-state index in [2.05, 4.69) is 34.1 Å². The van der Waals surface area contributed by atoms with Crippen LogP contribution in [0.2, 0.25) is 0 Å². The third kappa shape index (κ3) is 2.88. The van der Waals surface area contributed by atoms with Crippen LogP contribution in [-0.4, -0.2) is 63.5 Å². The lowest BCUT2D eigenvalue weighted by molar-refractivity contribution is 0.101. The zero-order valence-corrected chi connectivity index (χ0v) is 15.2. The number of anilines is 1. The Balaban J connectivity index is 1.33. The SMILES string of the molecule is c1ccc2c(c1)N(CC1CCOC1)CC21CCN(C2CCOC2)CC1. The minimum Gasteiger partial charge on any atom is -0.381 e. The zero-order chi connectivity index (χ0) is 16.7. The molecule has 1 aromatic carbocycles. The maximum atomic E-state index is 5.62. The highest BCUT2D eigenvalue weighted by molar-refractivity contribution is 5.63. The number of benzene rings is 1. The third-order valence-corrected chi connectivity index (χ3v) is 6.99. The number of nitrogens with zero attached hydrogens (tertiary/aromatic N) is 2. The van der Waals surface area contributed by atoms with Crippen LogP contribution in [0.1, 0.15) is 31.2 Å². The van der Waals surface area contributed by atoms with E-state index >= 15 is 0 Å². The Kier molecular flexibility index (Phi) is 4.23. The van der Waals surface area contributed by atoms with Crippen LogP contribution < -0.4 is 4.90 Å². The predicted octanol–water partition coefficient (Wildman–Crippen LogP) is 2.67. The number of hydrogen-bond acceptors (Lipinski definition) is 4. The minimum atomic E-state index is 0.367. The molecule has 3 fully saturated rings. The van der Waals surface area contributed by atoms with Crippen molar-refractivity contribution in [1.82, 2.24) is 4.90 Å². The van der Waals surface area contributed by atoms with Crippen molar-refractivity contribution in [2.75, 3.05) is 57.5 Å². The first-order valence-corrected chi connectivity index (χ1v) is 10.1. The third-order valence-electron chi connectivity index (χ3n) is 6.99. The van der Waals surface area contributed by atoms with Gasteiger partial charge in [0, 0.05) is 49.4 Å². The van der Waals surface area contributed by atoms with Gasteiger partial charge in [-0.3, -0.25) is 4.90 Å². The van der Waals surface area contributed by atoms with Crippen LogP contribution in [0.4, 0.5) is 5.69 Å². The van der Waals surface area contributed by atoms with E-state index in [9.17, 15) is 0 Å². The summed E-state index contributed by atoms with van der Waals surface area (Å²) in [5, 5.41) is 0. The summed E-state index contributed by atoms with van der Waals surface area (Å²) < 4.78 is 11.2. The molecule has 136 valence electrons. The normalized spacial score (nSPS) is 31.8. The number of para-hydroxylation sites is 1. The lowest BCUT2D eigenvalue weighted by Gasteiger charge is -2.42. The van der Waals surface area contributed by atoms with Crippen LogP contribution >= 0.6 is 0 Å². The molecule has 4 heteroatoms. The maximum Gasteiger partial charge on any atom is 0.0622 e.